The number of aromatic amines is 1. The second-order valence-electron chi connectivity index (χ2n) is 8.06. The zero-order valence-electron chi connectivity index (χ0n) is 16.5. The van der Waals surface area contributed by atoms with E-state index in [0.29, 0.717) is 5.02 Å². The Morgan fingerprint density at radius 1 is 1.18 bits per heavy atom. The Hall–Kier alpha value is -1.92. The Balaban J connectivity index is 1.46. The molecule has 0 spiro atoms. The highest BCUT2D eigenvalue weighted by molar-refractivity contribution is 6.30. The molecule has 28 heavy (non-hydrogen) atoms. The maximum Gasteiger partial charge on any atom is 0.233 e. The third-order valence-corrected chi connectivity index (χ3v) is 6.40. The Morgan fingerprint density at radius 3 is 2.57 bits per heavy atom. The molecule has 150 valence electrons. The van der Waals surface area contributed by atoms with E-state index in [4.69, 9.17) is 11.6 Å². The van der Waals surface area contributed by atoms with E-state index in [9.17, 15) is 4.79 Å². The van der Waals surface area contributed by atoms with Crippen molar-refractivity contribution in [1.82, 2.24) is 25.0 Å². The first kappa shape index (κ1) is 19.4. The van der Waals surface area contributed by atoms with Gasteiger partial charge in [0, 0.05) is 31.2 Å². The first-order valence-electron chi connectivity index (χ1n) is 10.2. The number of halogens is 1. The third-order valence-electron chi connectivity index (χ3n) is 6.16. The van der Waals surface area contributed by atoms with E-state index in [-0.39, 0.29) is 5.91 Å². The van der Waals surface area contributed by atoms with Crippen LogP contribution in [0.2, 0.25) is 5.02 Å². The zero-order valence-corrected chi connectivity index (χ0v) is 17.2. The molecule has 1 N–H and O–H groups in total. The lowest BCUT2D eigenvalue weighted by molar-refractivity contribution is -0.140. The Morgan fingerprint density at radius 2 is 1.93 bits per heavy atom. The van der Waals surface area contributed by atoms with E-state index in [1.54, 1.807) is 0 Å². The van der Waals surface area contributed by atoms with Crippen molar-refractivity contribution in [1.29, 1.82) is 0 Å². The fourth-order valence-electron chi connectivity index (χ4n) is 4.64. The van der Waals surface area contributed by atoms with Crippen LogP contribution in [0.1, 0.15) is 49.3 Å². The van der Waals surface area contributed by atoms with Crippen molar-refractivity contribution in [2.75, 3.05) is 26.2 Å². The van der Waals surface area contributed by atoms with Crippen LogP contribution in [-0.4, -0.2) is 57.1 Å². The highest BCUT2D eigenvalue weighted by Crippen LogP contribution is 2.42. The van der Waals surface area contributed by atoms with Gasteiger partial charge >= 0.3 is 0 Å². The molecule has 2 fully saturated rings. The van der Waals surface area contributed by atoms with Crippen LogP contribution >= 0.6 is 11.6 Å². The van der Waals surface area contributed by atoms with Crippen molar-refractivity contribution in [3.05, 3.63) is 46.5 Å². The number of aromatic nitrogens is 3. The van der Waals surface area contributed by atoms with Crippen LogP contribution in [0.3, 0.4) is 0 Å². The number of hydrogen-bond acceptors (Lipinski definition) is 4. The molecule has 1 aromatic heterocycles. The fraction of sp³-hybridized carbons (Fsp3) is 0.571. The van der Waals surface area contributed by atoms with Gasteiger partial charge in [-0.3, -0.25) is 14.8 Å². The molecule has 1 aromatic carbocycles. The number of H-pyrrole nitrogens is 1. The maximum absolute atomic E-state index is 13.7. The summed E-state index contributed by atoms with van der Waals surface area (Å²) in [5, 5.41) is 7.83. The quantitative estimate of drug-likeness (QED) is 0.853. The van der Waals surface area contributed by atoms with Gasteiger partial charge in [0.1, 0.15) is 5.82 Å². The van der Waals surface area contributed by atoms with Crippen molar-refractivity contribution >= 4 is 17.5 Å². The molecule has 0 bridgehead atoms. The number of nitrogens with zero attached hydrogens (tertiary/aromatic N) is 4. The van der Waals surface area contributed by atoms with Crippen molar-refractivity contribution in [2.45, 2.75) is 51.0 Å². The van der Waals surface area contributed by atoms with Gasteiger partial charge < -0.3 is 4.90 Å². The average Bonchev–Trinajstić information content (AvgIpc) is 3.13. The largest absolute Gasteiger partial charge is 0.339 e. The number of aryl methyl sites for hydroxylation is 1. The predicted octanol–water partition coefficient (Wildman–Crippen LogP) is 3.31. The maximum atomic E-state index is 13.7. The van der Waals surface area contributed by atoms with Crippen LogP contribution in [0.4, 0.5) is 0 Å². The van der Waals surface area contributed by atoms with Crippen LogP contribution in [0.15, 0.2) is 24.3 Å². The summed E-state index contributed by atoms with van der Waals surface area (Å²) in [6.07, 6.45) is 5.25. The Kier molecular flexibility index (Phi) is 5.69. The molecular formula is C21H28ClN5O. The molecule has 0 radical (unpaired) electrons. The first-order chi connectivity index (χ1) is 13.6. The second kappa shape index (κ2) is 8.21. The van der Waals surface area contributed by atoms with Gasteiger partial charge in [0.05, 0.1) is 12.0 Å². The van der Waals surface area contributed by atoms with Crippen LogP contribution in [0, 0.1) is 6.92 Å². The number of benzene rings is 1. The summed E-state index contributed by atoms with van der Waals surface area (Å²) in [6, 6.07) is 7.93. The van der Waals surface area contributed by atoms with Gasteiger partial charge in [-0.25, -0.2) is 4.98 Å². The topological polar surface area (TPSA) is 65.1 Å². The van der Waals surface area contributed by atoms with E-state index >= 15 is 0 Å². The van der Waals surface area contributed by atoms with E-state index < -0.39 is 5.41 Å². The summed E-state index contributed by atoms with van der Waals surface area (Å²) in [5.74, 6) is 1.94. The number of amides is 1. The summed E-state index contributed by atoms with van der Waals surface area (Å²) >= 11 is 6.27. The summed E-state index contributed by atoms with van der Waals surface area (Å²) in [5.41, 5.74) is 0.676. The minimum atomic E-state index is -0.411. The molecule has 0 atom stereocenters. The SMILES string of the molecule is Cc1nc(CN2CCN(C(=O)C3(c4cccc(Cl)c4)CCCCC3)CC2)n[nH]1. The predicted molar refractivity (Wildman–Crippen MR) is 109 cm³/mol. The molecule has 1 saturated heterocycles. The molecule has 1 amide bonds. The fourth-order valence-corrected chi connectivity index (χ4v) is 4.83. The van der Waals surface area contributed by atoms with Gasteiger partial charge in [-0.1, -0.05) is 43.0 Å². The minimum Gasteiger partial charge on any atom is -0.339 e. The van der Waals surface area contributed by atoms with E-state index in [2.05, 4.69) is 31.0 Å². The molecule has 2 aromatic rings. The monoisotopic (exact) mass is 401 g/mol. The molecule has 1 saturated carbocycles. The molecule has 4 rings (SSSR count). The first-order valence-corrected chi connectivity index (χ1v) is 10.6. The van der Waals surface area contributed by atoms with E-state index in [1.807, 2.05) is 25.1 Å². The van der Waals surface area contributed by atoms with Gasteiger partial charge in [0.2, 0.25) is 5.91 Å². The van der Waals surface area contributed by atoms with Gasteiger partial charge in [-0.2, -0.15) is 5.10 Å². The van der Waals surface area contributed by atoms with Crippen LogP contribution in [0.5, 0.6) is 0 Å². The van der Waals surface area contributed by atoms with Gasteiger partial charge in [0.15, 0.2) is 5.82 Å². The minimum absolute atomic E-state index is 0.280. The normalized spacial score (nSPS) is 20.3. The van der Waals surface area contributed by atoms with Crippen LogP contribution in [-0.2, 0) is 16.8 Å². The summed E-state index contributed by atoms with van der Waals surface area (Å²) in [7, 11) is 0. The highest BCUT2D eigenvalue weighted by Gasteiger charge is 2.44. The van der Waals surface area contributed by atoms with E-state index in [1.165, 1.54) is 6.42 Å². The summed E-state index contributed by atoms with van der Waals surface area (Å²) in [4.78, 5) is 22.5. The molecular weight excluding hydrogens is 374 g/mol. The number of piperazine rings is 1. The Bertz CT molecular complexity index is 822. The molecule has 6 nitrogen and oxygen atoms in total. The average molecular weight is 402 g/mol. The standard InChI is InChI=1S/C21H28ClN5O/c1-16-23-19(25-24-16)15-26-10-12-27(13-11-26)20(28)21(8-3-2-4-9-21)17-6-5-7-18(22)14-17/h5-7,14H,2-4,8-13,15H2,1H3,(H,23,24,25). The molecule has 2 aliphatic rings. The number of rotatable bonds is 4. The van der Waals surface area contributed by atoms with Gasteiger partial charge in [0.25, 0.3) is 0 Å². The zero-order chi connectivity index (χ0) is 19.6. The second-order valence-corrected chi connectivity index (χ2v) is 8.49. The van der Waals surface area contributed by atoms with Crippen molar-refractivity contribution in [3.63, 3.8) is 0 Å². The van der Waals surface area contributed by atoms with Gasteiger partial charge in [-0.05, 0) is 37.5 Å². The third kappa shape index (κ3) is 3.94. The Labute approximate surface area is 171 Å². The number of carbonyl (C=O) groups excluding carboxylic acids is 1. The summed E-state index contributed by atoms with van der Waals surface area (Å²) in [6.45, 7) is 5.85. The number of nitrogens with one attached hydrogen (secondary N) is 1. The number of carbonyl (C=O) groups is 1. The van der Waals surface area contributed by atoms with Crippen LogP contribution in [0.25, 0.3) is 0 Å². The van der Waals surface area contributed by atoms with Crippen molar-refractivity contribution in [3.8, 4) is 0 Å². The lowest BCUT2D eigenvalue weighted by Crippen LogP contribution is -2.55. The molecule has 2 heterocycles. The number of hydrogen-bond donors (Lipinski definition) is 1. The van der Waals surface area contributed by atoms with Gasteiger partial charge in [-0.15, -0.1) is 0 Å². The molecule has 0 unspecified atom stereocenters. The molecule has 1 aliphatic carbocycles. The molecule has 1 aliphatic heterocycles. The lowest BCUT2D eigenvalue weighted by Gasteiger charge is -2.43. The van der Waals surface area contributed by atoms with E-state index in [0.717, 1.165) is 75.6 Å². The smallest absolute Gasteiger partial charge is 0.233 e. The lowest BCUT2D eigenvalue weighted by atomic mass is 9.68. The highest BCUT2D eigenvalue weighted by atomic mass is 35.5. The molecule has 7 heteroatoms. The van der Waals surface area contributed by atoms with Crippen LogP contribution < -0.4 is 0 Å². The summed E-state index contributed by atoms with van der Waals surface area (Å²) < 4.78 is 0. The van der Waals surface area contributed by atoms with Crippen molar-refractivity contribution in [2.24, 2.45) is 0 Å². The van der Waals surface area contributed by atoms with Crippen molar-refractivity contribution < 1.29 is 4.79 Å².